The standard InChI is InChI=1S/C17H27P/c1-6-9-10-16(7-2)18-17(5,8-3)15-12-11-14(4)13-15/h6,9-12,18H,7-8,13H2,1-5H3/b9-6-,16-10+. The van der Waals surface area contributed by atoms with Crippen LogP contribution in [-0.2, 0) is 0 Å². The number of hydrogen-bond donors (Lipinski definition) is 0. The van der Waals surface area contributed by atoms with Crippen molar-refractivity contribution in [3.63, 3.8) is 0 Å². The second-order valence-electron chi connectivity index (χ2n) is 5.26. The highest BCUT2D eigenvalue weighted by molar-refractivity contribution is 7.45. The van der Waals surface area contributed by atoms with Crippen molar-refractivity contribution in [1.82, 2.24) is 0 Å². The molecular weight excluding hydrogens is 235 g/mol. The lowest BCUT2D eigenvalue weighted by molar-refractivity contribution is 0.691. The van der Waals surface area contributed by atoms with Crippen LogP contribution in [0.4, 0.5) is 0 Å². The van der Waals surface area contributed by atoms with Gasteiger partial charge in [0.25, 0.3) is 0 Å². The Bertz CT molecular complexity index is 396. The van der Waals surface area contributed by atoms with Gasteiger partial charge in [-0.2, -0.15) is 0 Å². The van der Waals surface area contributed by atoms with E-state index in [-0.39, 0.29) is 0 Å². The van der Waals surface area contributed by atoms with E-state index in [4.69, 9.17) is 0 Å². The molecule has 0 N–H and O–H groups in total. The van der Waals surface area contributed by atoms with Gasteiger partial charge in [-0.3, -0.25) is 0 Å². The van der Waals surface area contributed by atoms with Crippen LogP contribution in [0.15, 0.2) is 46.8 Å². The van der Waals surface area contributed by atoms with Crippen molar-refractivity contribution in [3.05, 3.63) is 46.8 Å². The molecule has 0 aromatic rings. The second-order valence-corrected chi connectivity index (χ2v) is 7.26. The third-order valence-corrected chi connectivity index (χ3v) is 5.83. The Labute approximate surface area is 115 Å². The SMILES string of the molecule is C/C=C\C=C(/CC)PC(C)(CC)C1=CC=C(C)C1. The fourth-order valence-corrected chi connectivity index (χ4v) is 3.82. The predicted octanol–water partition coefficient (Wildman–Crippen LogP) is 5.98. The minimum Gasteiger partial charge on any atom is -0.0876 e. The molecule has 0 spiro atoms. The monoisotopic (exact) mass is 262 g/mol. The summed E-state index contributed by atoms with van der Waals surface area (Å²) in [6.45, 7) is 11.3. The van der Waals surface area contributed by atoms with Crippen molar-refractivity contribution >= 4 is 8.58 Å². The molecule has 0 nitrogen and oxygen atoms in total. The summed E-state index contributed by atoms with van der Waals surface area (Å²) >= 11 is 0. The van der Waals surface area contributed by atoms with Crippen LogP contribution >= 0.6 is 8.58 Å². The molecule has 0 aromatic heterocycles. The van der Waals surface area contributed by atoms with E-state index in [1.165, 1.54) is 18.4 Å². The largest absolute Gasteiger partial charge is 0.0876 e. The molecule has 2 atom stereocenters. The van der Waals surface area contributed by atoms with Gasteiger partial charge >= 0.3 is 0 Å². The molecule has 100 valence electrons. The Morgan fingerprint density at radius 2 is 2.11 bits per heavy atom. The molecule has 0 bridgehead atoms. The first-order valence-corrected chi connectivity index (χ1v) is 8.02. The van der Waals surface area contributed by atoms with Gasteiger partial charge in [-0.25, -0.2) is 0 Å². The Morgan fingerprint density at radius 1 is 1.39 bits per heavy atom. The summed E-state index contributed by atoms with van der Waals surface area (Å²) < 4.78 is 0. The van der Waals surface area contributed by atoms with Gasteiger partial charge in [0.05, 0.1) is 0 Å². The molecule has 1 aliphatic rings. The lowest BCUT2D eigenvalue weighted by Gasteiger charge is -2.31. The van der Waals surface area contributed by atoms with Gasteiger partial charge < -0.3 is 0 Å². The summed E-state index contributed by atoms with van der Waals surface area (Å²) in [4.78, 5) is 0. The fourth-order valence-electron chi connectivity index (χ4n) is 2.25. The van der Waals surface area contributed by atoms with Gasteiger partial charge in [-0.15, -0.1) is 0 Å². The van der Waals surface area contributed by atoms with E-state index in [0.29, 0.717) is 5.16 Å². The first-order chi connectivity index (χ1) is 8.55. The molecule has 0 fully saturated rings. The number of hydrogen-bond acceptors (Lipinski definition) is 0. The maximum atomic E-state index is 2.43. The molecule has 0 radical (unpaired) electrons. The van der Waals surface area contributed by atoms with Gasteiger partial charge in [0.1, 0.15) is 0 Å². The molecule has 1 rings (SSSR count). The number of rotatable bonds is 6. The smallest absolute Gasteiger partial charge is 0.00987 e. The highest BCUT2D eigenvalue weighted by Crippen LogP contribution is 2.49. The van der Waals surface area contributed by atoms with Crippen molar-refractivity contribution in [1.29, 1.82) is 0 Å². The number of allylic oxidation sites excluding steroid dienone is 8. The van der Waals surface area contributed by atoms with Crippen LogP contribution < -0.4 is 0 Å². The molecule has 1 aliphatic carbocycles. The molecule has 0 saturated carbocycles. The molecule has 0 aromatic carbocycles. The first kappa shape index (κ1) is 15.4. The minimum atomic E-state index is 0.359. The molecule has 0 saturated heterocycles. The molecule has 0 aliphatic heterocycles. The minimum absolute atomic E-state index is 0.359. The van der Waals surface area contributed by atoms with Gasteiger partial charge in [0, 0.05) is 5.16 Å². The summed E-state index contributed by atoms with van der Waals surface area (Å²) in [5.41, 5.74) is 3.13. The average Bonchev–Trinajstić information content (AvgIpc) is 2.81. The Morgan fingerprint density at radius 3 is 2.56 bits per heavy atom. The van der Waals surface area contributed by atoms with Crippen molar-refractivity contribution in [2.75, 3.05) is 0 Å². The fraction of sp³-hybridized carbons (Fsp3) is 0.529. The zero-order valence-corrected chi connectivity index (χ0v) is 13.5. The summed E-state index contributed by atoms with van der Waals surface area (Å²) in [7, 11) is 0.909. The highest BCUT2D eigenvalue weighted by atomic mass is 31.1. The topological polar surface area (TPSA) is 0 Å². The second kappa shape index (κ2) is 7.10. The molecule has 0 amide bonds. The van der Waals surface area contributed by atoms with Crippen LogP contribution in [0, 0.1) is 0 Å². The Kier molecular flexibility index (Phi) is 6.09. The molecular formula is C17H27P. The van der Waals surface area contributed by atoms with E-state index < -0.39 is 0 Å². The molecule has 2 unspecified atom stereocenters. The van der Waals surface area contributed by atoms with Crippen molar-refractivity contribution in [3.8, 4) is 0 Å². The summed E-state index contributed by atoms with van der Waals surface area (Å²) in [6.07, 6.45) is 14.8. The normalized spacial score (nSPS) is 20.6. The van der Waals surface area contributed by atoms with E-state index in [2.05, 4.69) is 65.0 Å². The third-order valence-electron chi connectivity index (χ3n) is 3.76. The van der Waals surface area contributed by atoms with E-state index in [1.807, 2.05) is 0 Å². The van der Waals surface area contributed by atoms with Crippen LogP contribution in [0.25, 0.3) is 0 Å². The van der Waals surface area contributed by atoms with Gasteiger partial charge in [0.15, 0.2) is 0 Å². The van der Waals surface area contributed by atoms with Crippen molar-refractivity contribution < 1.29 is 0 Å². The van der Waals surface area contributed by atoms with Crippen LogP contribution in [0.1, 0.15) is 53.9 Å². The lowest BCUT2D eigenvalue weighted by Crippen LogP contribution is -2.20. The van der Waals surface area contributed by atoms with Crippen LogP contribution in [-0.4, -0.2) is 5.16 Å². The lowest BCUT2D eigenvalue weighted by atomic mass is 9.95. The third kappa shape index (κ3) is 3.95. The van der Waals surface area contributed by atoms with Gasteiger partial charge in [0.2, 0.25) is 0 Å². The molecule has 0 heterocycles. The average molecular weight is 262 g/mol. The maximum absolute atomic E-state index is 2.43. The van der Waals surface area contributed by atoms with Gasteiger partial charge in [-0.1, -0.05) is 70.9 Å². The summed E-state index contributed by atoms with van der Waals surface area (Å²) in [5, 5.41) is 1.94. The van der Waals surface area contributed by atoms with Gasteiger partial charge in [-0.05, 0) is 38.4 Å². The van der Waals surface area contributed by atoms with E-state index >= 15 is 0 Å². The van der Waals surface area contributed by atoms with E-state index in [0.717, 1.165) is 15.0 Å². The van der Waals surface area contributed by atoms with E-state index in [1.54, 1.807) is 10.9 Å². The Balaban J connectivity index is 2.83. The Hall–Kier alpha value is -0.610. The maximum Gasteiger partial charge on any atom is 0.00987 e. The highest BCUT2D eigenvalue weighted by Gasteiger charge is 2.28. The van der Waals surface area contributed by atoms with Crippen LogP contribution in [0.2, 0.25) is 0 Å². The van der Waals surface area contributed by atoms with Crippen molar-refractivity contribution in [2.24, 2.45) is 0 Å². The molecule has 1 heteroatoms. The zero-order chi connectivity index (χ0) is 13.6. The first-order valence-electron chi connectivity index (χ1n) is 7.02. The van der Waals surface area contributed by atoms with Crippen LogP contribution in [0.3, 0.4) is 0 Å². The predicted molar refractivity (Wildman–Crippen MR) is 86.7 cm³/mol. The zero-order valence-electron chi connectivity index (χ0n) is 12.5. The summed E-state index contributed by atoms with van der Waals surface area (Å²) in [5.74, 6) is 0. The quantitative estimate of drug-likeness (QED) is 0.408. The molecule has 18 heavy (non-hydrogen) atoms. The summed E-state index contributed by atoms with van der Waals surface area (Å²) in [6, 6.07) is 0. The van der Waals surface area contributed by atoms with E-state index in [9.17, 15) is 0 Å². The van der Waals surface area contributed by atoms with Crippen LogP contribution in [0.5, 0.6) is 0 Å². The van der Waals surface area contributed by atoms with Crippen molar-refractivity contribution in [2.45, 2.75) is 59.0 Å².